The summed E-state index contributed by atoms with van der Waals surface area (Å²) in [4.78, 5) is 22.6. The molecule has 0 radical (unpaired) electrons. The normalized spacial score (nSPS) is 16.0. The average molecular weight is 316 g/mol. The number of aromatic nitrogens is 3. The molecule has 1 saturated heterocycles. The van der Waals surface area contributed by atoms with Gasteiger partial charge in [-0.05, 0) is 46.0 Å². The molecule has 1 amide bonds. The highest BCUT2D eigenvalue weighted by Gasteiger charge is 2.26. The van der Waals surface area contributed by atoms with Crippen LogP contribution in [0.2, 0.25) is 0 Å². The van der Waals surface area contributed by atoms with E-state index in [2.05, 4.69) is 21.5 Å². The summed E-state index contributed by atoms with van der Waals surface area (Å²) in [6, 6.07) is 0. The Kier molecular flexibility index (Phi) is 4.50. The van der Waals surface area contributed by atoms with E-state index in [0.717, 1.165) is 44.7 Å². The lowest BCUT2D eigenvalue weighted by molar-refractivity contribution is 0.0652. The Morgan fingerprint density at radius 2 is 2.00 bits per heavy atom. The monoisotopic (exact) mass is 316 g/mol. The minimum Gasteiger partial charge on any atom is -0.438 e. The first kappa shape index (κ1) is 15.8. The second-order valence-electron chi connectivity index (χ2n) is 6.39. The van der Waals surface area contributed by atoms with Crippen molar-refractivity contribution in [3.8, 4) is 0 Å². The van der Waals surface area contributed by atoms with Crippen LogP contribution in [0.3, 0.4) is 0 Å². The van der Waals surface area contributed by atoms with E-state index in [1.165, 1.54) is 12.1 Å². The van der Waals surface area contributed by atoms with Gasteiger partial charge >= 0.3 is 0 Å². The van der Waals surface area contributed by atoms with Gasteiger partial charge in [0.15, 0.2) is 6.39 Å². The zero-order valence-electron chi connectivity index (χ0n) is 14.1. The Morgan fingerprint density at radius 3 is 2.57 bits per heavy atom. The molecule has 3 rings (SSSR count). The summed E-state index contributed by atoms with van der Waals surface area (Å²) in [6.07, 6.45) is 6.50. The van der Waals surface area contributed by atoms with Crippen LogP contribution in [0.1, 0.15) is 47.0 Å². The maximum atomic E-state index is 12.4. The average Bonchev–Trinajstić information content (AvgIpc) is 3.11. The predicted octanol–water partition coefficient (Wildman–Crippen LogP) is 2.74. The molecule has 0 atom stereocenters. The lowest BCUT2D eigenvalue weighted by Gasteiger charge is -2.31. The number of piperidine rings is 1. The highest BCUT2D eigenvalue weighted by Crippen LogP contribution is 2.23. The fourth-order valence-corrected chi connectivity index (χ4v) is 3.31. The van der Waals surface area contributed by atoms with Crippen molar-refractivity contribution in [3.63, 3.8) is 0 Å². The molecule has 1 aliphatic heterocycles. The molecule has 1 aliphatic rings. The molecule has 6 heteroatoms. The van der Waals surface area contributed by atoms with E-state index in [-0.39, 0.29) is 5.91 Å². The van der Waals surface area contributed by atoms with E-state index >= 15 is 0 Å². The fraction of sp³-hybridized carbons (Fsp3) is 0.588. The van der Waals surface area contributed by atoms with Gasteiger partial charge in [0.25, 0.3) is 5.91 Å². The largest absolute Gasteiger partial charge is 0.438 e. The number of hydrogen-bond donors (Lipinski definition) is 0. The second-order valence-corrected chi connectivity index (χ2v) is 6.39. The van der Waals surface area contributed by atoms with E-state index in [4.69, 9.17) is 4.42 Å². The summed E-state index contributed by atoms with van der Waals surface area (Å²) in [7, 11) is 0. The van der Waals surface area contributed by atoms with Crippen molar-refractivity contribution >= 4 is 5.91 Å². The van der Waals surface area contributed by atoms with Gasteiger partial charge in [-0.25, -0.2) is 9.97 Å². The summed E-state index contributed by atoms with van der Waals surface area (Å²) >= 11 is 0. The lowest BCUT2D eigenvalue weighted by Crippen LogP contribution is -2.38. The molecule has 1 fully saturated rings. The topological polar surface area (TPSA) is 64.2 Å². The van der Waals surface area contributed by atoms with Gasteiger partial charge in [-0.1, -0.05) is 0 Å². The summed E-state index contributed by atoms with van der Waals surface area (Å²) in [5.41, 5.74) is 1.89. The molecular formula is C17H24N4O2. The molecule has 3 heterocycles. The first-order valence-corrected chi connectivity index (χ1v) is 8.24. The van der Waals surface area contributed by atoms with Gasteiger partial charge in [-0.15, -0.1) is 0 Å². The third-order valence-corrected chi connectivity index (χ3v) is 4.86. The van der Waals surface area contributed by atoms with Crippen LogP contribution in [0, 0.1) is 26.7 Å². The van der Waals surface area contributed by atoms with E-state index in [9.17, 15) is 4.79 Å². The standard InChI is InChI=1S/C17H24N4O2/c1-12-10-18-14(3)21(12)9-6-15-4-7-20(8-5-15)17(22)16-13(2)19-11-23-16/h10-11,15H,4-9H2,1-3H3. The molecule has 0 bridgehead atoms. The van der Waals surface area contributed by atoms with Crippen LogP contribution in [0.25, 0.3) is 0 Å². The molecule has 0 unspecified atom stereocenters. The molecule has 23 heavy (non-hydrogen) atoms. The Hall–Kier alpha value is -2.11. The van der Waals surface area contributed by atoms with Crippen LogP contribution < -0.4 is 0 Å². The van der Waals surface area contributed by atoms with Crippen LogP contribution in [0.15, 0.2) is 17.0 Å². The van der Waals surface area contributed by atoms with E-state index in [0.29, 0.717) is 17.4 Å². The quantitative estimate of drug-likeness (QED) is 0.870. The Morgan fingerprint density at radius 1 is 1.26 bits per heavy atom. The van der Waals surface area contributed by atoms with Crippen LogP contribution in [-0.4, -0.2) is 38.4 Å². The Labute approximate surface area is 136 Å². The van der Waals surface area contributed by atoms with Gasteiger partial charge < -0.3 is 13.9 Å². The van der Waals surface area contributed by atoms with Gasteiger partial charge in [0.1, 0.15) is 5.82 Å². The first-order valence-electron chi connectivity index (χ1n) is 8.24. The van der Waals surface area contributed by atoms with Gasteiger partial charge in [0.05, 0.1) is 5.69 Å². The molecular weight excluding hydrogens is 292 g/mol. The van der Waals surface area contributed by atoms with Crippen molar-refractivity contribution in [1.82, 2.24) is 19.4 Å². The van der Waals surface area contributed by atoms with E-state index in [1.54, 1.807) is 6.92 Å². The molecule has 124 valence electrons. The number of likely N-dealkylation sites (tertiary alicyclic amines) is 1. The summed E-state index contributed by atoms with van der Waals surface area (Å²) < 4.78 is 7.49. The summed E-state index contributed by atoms with van der Waals surface area (Å²) in [5, 5.41) is 0. The first-order chi connectivity index (χ1) is 11.1. The number of imidazole rings is 1. The van der Waals surface area contributed by atoms with Gasteiger partial charge in [-0.3, -0.25) is 4.79 Å². The number of rotatable bonds is 4. The molecule has 6 nitrogen and oxygen atoms in total. The number of oxazole rings is 1. The molecule has 2 aromatic rings. The molecule has 0 N–H and O–H groups in total. The molecule has 2 aromatic heterocycles. The van der Waals surface area contributed by atoms with Crippen molar-refractivity contribution in [2.24, 2.45) is 5.92 Å². The number of carbonyl (C=O) groups excluding carboxylic acids is 1. The zero-order valence-corrected chi connectivity index (χ0v) is 14.1. The predicted molar refractivity (Wildman–Crippen MR) is 86.2 cm³/mol. The molecule has 0 saturated carbocycles. The number of hydrogen-bond acceptors (Lipinski definition) is 4. The third-order valence-electron chi connectivity index (χ3n) is 4.86. The molecule has 0 spiro atoms. The van der Waals surface area contributed by atoms with Crippen LogP contribution in [-0.2, 0) is 6.54 Å². The zero-order chi connectivity index (χ0) is 16.4. The van der Waals surface area contributed by atoms with Crippen molar-refractivity contribution in [2.45, 2.75) is 46.6 Å². The minimum absolute atomic E-state index is 0.0280. The van der Waals surface area contributed by atoms with E-state index < -0.39 is 0 Å². The van der Waals surface area contributed by atoms with Crippen LogP contribution in [0.5, 0.6) is 0 Å². The minimum atomic E-state index is -0.0280. The molecule has 0 aromatic carbocycles. The Bertz CT molecular complexity index is 661. The molecule has 0 aliphatic carbocycles. The van der Waals surface area contributed by atoms with Crippen molar-refractivity contribution in [2.75, 3.05) is 13.1 Å². The lowest BCUT2D eigenvalue weighted by atomic mass is 9.93. The maximum Gasteiger partial charge on any atom is 0.291 e. The van der Waals surface area contributed by atoms with Gasteiger partial charge in [0, 0.05) is 31.5 Å². The van der Waals surface area contributed by atoms with Gasteiger partial charge in [-0.2, -0.15) is 0 Å². The van der Waals surface area contributed by atoms with Crippen LogP contribution >= 0.6 is 0 Å². The highest BCUT2D eigenvalue weighted by molar-refractivity contribution is 5.92. The van der Waals surface area contributed by atoms with Gasteiger partial charge in [0.2, 0.25) is 5.76 Å². The highest BCUT2D eigenvalue weighted by atomic mass is 16.3. The fourth-order valence-electron chi connectivity index (χ4n) is 3.31. The smallest absolute Gasteiger partial charge is 0.291 e. The second kappa shape index (κ2) is 6.56. The van der Waals surface area contributed by atoms with Crippen LogP contribution in [0.4, 0.5) is 0 Å². The third kappa shape index (κ3) is 3.30. The Balaban J connectivity index is 1.51. The maximum absolute atomic E-state index is 12.4. The number of carbonyl (C=O) groups is 1. The van der Waals surface area contributed by atoms with E-state index in [1.807, 2.05) is 18.0 Å². The number of amides is 1. The van der Waals surface area contributed by atoms with Crippen molar-refractivity contribution in [1.29, 1.82) is 0 Å². The summed E-state index contributed by atoms with van der Waals surface area (Å²) in [6.45, 7) is 8.56. The van der Waals surface area contributed by atoms with Crippen molar-refractivity contribution < 1.29 is 9.21 Å². The van der Waals surface area contributed by atoms with Crippen molar-refractivity contribution in [3.05, 3.63) is 35.6 Å². The number of aryl methyl sites for hydroxylation is 3. The SMILES string of the molecule is Cc1ncoc1C(=O)N1CCC(CCn2c(C)cnc2C)CC1. The number of nitrogens with zero attached hydrogens (tertiary/aromatic N) is 4. The summed E-state index contributed by atoms with van der Waals surface area (Å²) in [5.74, 6) is 2.10.